The SMILES string of the molecule is COc1ccc(NC(=O)Cn2cnc3sc4c(c3c2=O)CCC(C(C)(C)C)C4)cc1OC. The fourth-order valence-corrected chi connectivity index (χ4v) is 5.58. The number of nitrogens with zero attached hydrogens (tertiary/aromatic N) is 2. The van der Waals surface area contributed by atoms with Gasteiger partial charge in [0.1, 0.15) is 11.4 Å². The molecule has 0 radical (unpaired) electrons. The van der Waals surface area contributed by atoms with Gasteiger partial charge >= 0.3 is 0 Å². The Labute approximate surface area is 191 Å². The average Bonchev–Trinajstić information content (AvgIpc) is 3.13. The van der Waals surface area contributed by atoms with E-state index in [0.717, 1.165) is 29.7 Å². The number of aromatic nitrogens is 2. The van der Waals surface area contributed by atoms with Crippen LogP contribution in [-0.2, 0) is 24.2 Å². The monoisotopic (exact) mass is 455 g/mol. The first-order chi connectivity index (χ1) is 15.2. The fraction of sp³-hybridized carbons (Fsp3) is 0.458. The molecule has 1 aliphatic carbocycles. The average molecular weight is 456 g/mol. The quantitative estimate of drug-likeness (QED) is 0.621. The lowest BCUT2D eigenvalue weighted by atomic mass is 9.72. The number of amides is 1. The third-order valence-corrected chi connectivity index (χ3v) is 7.40. The van der Waals surface area contributed by atoms with Crippen LogP contribution in [0, 0.1) is 11.3 Å². The van der Waals surface area contributed by atoms with Crippen molar-refractivity contribution in [1.82, 2.24) is 9.55 Å². The van der Waals surface area contributed by atoms with Crippen LogP contribution in [0.5, 0.6) is 11.5 Å². The maximum absolute atomic E-state index is 13.2. The molecule has 1 aliphatic rings. The molecule has 8 heteroatoms. The number of benzene rings is 1. The highest BCUT2D eigenvalue weighted by Crippen LogP contribution is 2.42. The molecule has 32 heavy (non-hydrogen) atoms. The van der Waals surface area contributed by atoms with Crippen LogP contribution >= 0.6 is 11.3 Å². The molecule has 0 bridgehead atoms. The summed E-state index contributed by atoms with van der Waals surface area (Å²) >= 11 is 1.62. The summed E-state index contributed by atoms with van der Waals surface area (Å²) in [4.78, 5) is 32.4. The predicted molar refractivity (Wildman–Crippen MR) is 127 cm³/mol. The van der Waals surface area contributed by atoms with Gasteiger partial charge in [-0.05, 0) is 48.3 Å². The van der Waals surface area contributed by atoms with E-state index >= 15 is 0 Å². The lowest BCUT2D eigenvalue weighted by molar-refractivity contribution is -0.116. The summed E-state index contributed by atoms with van der Waals surface area (Å²) in [6.07, 6.45) is 4.41. The number of hydrogen-bond acceptors (Lipinski definition) is 6. The molecule has 2 heterocycles. The Hall–Kier alpha value is -2.87. The third-order valence-electron chi connectivity index (χ3n) is 6.24. The van der Waals surface area contributed by atoms with Gasteiger partial charge in [0, 0.05) is 16.6 Å². The molecule has 3 aromatic rings. The number of methoxy groups -OCH3 is 2. The van der Waals surface area contributed by atoms with Crippen LogP contribution in [-0.4, -0.2) is 29.7 Å². The Morgan fingerprint density at radius 2 is 2.00 bits per heavy atom. The summed E-state index contributed by atoms with van der Waals surface area (Å²) in [5.41, 5.74) is 1.78. The number of carbonyl (C=O) groups excluding carboxylic acids is 1. The van der Waals surface area contributed by atoms with Crippen LogP contribution < -0.4 is 20.3 Å². The second-order valence-corrected chi connectivity index (χ2v) is 10.4. The number of nitrogens with one attached hydrogen (secondary N) is 1. The van der Waals surface area contributed by atoms with Gasteiger partial charge < -0.3 is 14.8 Å². The number of rotatable bonds is 5. The molecule has 1 atom stereocenters. The third kappa shape index (κ3) is 4.24. The molecule has 7 nitrogen and oxygen atoms in total. The summed E-state index contributed by atoms with van der Waals surface area (Å²) in [7, 11) is 3.09. The van der Waals surface area contributed by atoms with Crippen molar-refractivity contribution in [2.45, 2.75) is 46.6 Å². The Bertz CT molecular complexity index is 1220. The number of ether oxygens (including phenoxy) is 2. The first-order valence-electron chi connectivity index (χ1n) is 10.7. The molecule has 0 fully saturated rings. The number of fused-ring (bicyclic) bond motifs is 3. The van der Waals surface area contributed by atoms with Gasteiger partial charge in [-0.3, -0.25) is 14.2 Å². The maximum atomic E-state index is 13.2. The molecular weight excluding hydrogens is 426 g/mol. The summed E-state index contributed by atoms with van der Waals surface area (Å²) < 4.78 is 11.9. The molecule has 2 aromatic heterocycles. The molecule has 0 aliphatic heterocycles. The van der Waals surface area contributed by atoms with Crippen molar-refractivity contribution in [2.24, 2.45) is 11.3 Å². The number of anilines is 1. The van der Waals surface area contributed by atoms with Crippen molar-refractivity contribution in [3.63, 3.8) is 0 Å². The molecular formula is C24H29N3O4S. The van der Waals surface area contributed by atoms with Crippen molar-refractivity contribution in [2.75, 3.05) is 19.5 Å². The minimum Gasteiger partial charge on any atom is -0.493 e. The summed E-state index contributed by atoms with van der Waals surface area (Å²) in [6.45, 7) is 6.72. The first kappa shape index (κ1) is 22.3. The summed E-state index contributed by atoms with van der Waals surface area (Å²) in [6, 6.07) is 5.13. The Balaban J connectivity index is 1.56. The van der Waals surface area contributed by atoms with Crippen molar-refractivity contribution in [3.05, 3.63) is 45.3 Å². The van der Waals surface area contributed by atoms with E-state index in [4.69, 9.17) is 9.47 Å². The molecule has 170 valence electrons. The van der Waals surface area contributed by atoms with Crippen molar-refractivity contribution < 1.29 is 14.3 Å². The van der Waals surface area contributed by atoms with E-state index in [9.17, 15) is 9.59 Å². The fourth-order valence-electron chi connectivity index (χ4n) is 4.32. The number of carbonyl (C=O) groups is 1. The Morgan fingerprint density at radius 1 is 1.25 bits per heavy atom. The van der Waals surface area contributed by atoms with Crippen LogP contribution in [0.3, 0.4) is 0 Å². The maximum Gasteiger partial charge on any atom is 0.262 e. The van der Waals surface area contributed by atoms with Crippen LogP contribution in [0.25, 0.3) is 10.2 Å². The highest BCUT2D eigenvalue weighted by Gasteiger charge is 2.31. The molecule has 1 N–H and O–H groups in total. The highest BCUT2D eigenvalue weighted by atomic mass is 32.1. The molecule has 4 rings (SSSR count). The predicted octanol–water partition coefficient (Wildman–Crippen LogP) is 4.26. The van der Waals surface area contributed by atoms with Gasteiger partial charge in [0.25, 0.3) is 5.56 Å². The van der Waals surface area contributed by atoms with E-state index in [1.165, 1.54) is 22.9 Å². The van der Waals surface area contributed by atoms with Crippen LogP contribution in [0.2, 0.25) is 0 Å². The molecule has 1 amide bonds. The van der Waals surface area contributed by atoms with Crippen LogP contribution in [0.15, 0.2) is 29.3 Å². The standard InChI is InChI=1S/C24H29N3O4S/c1-24(2,3)14-6-8-16-19(10-14)32-22-21(16)23(29)27(13-25-22)12-20(28)26-15-7-9-17(30-4)18(11-15)31-5/h7,9,11,13-14H,6,8,10,12H2,1-5H3,(H,26,28). The smallest absolute Gasteiger partial charge is 0.262 e. The molecule has 0 spiro atoms. The van der Waals surface area contributed by atoms with E-state index in [-0.39, 0.29) is 23.4 Å². The first-order valence-corrected chi connectivity index (χ1v) is 11.5. The van der Waals surface area contributed by atoms with Crippen LogP contribution in [0.1, 0.15) is 37.6 Å². The van der Waals surface area contributed by atoms with Gasteiger partial charge in [-0.2, -0.15) is 0 Å². The van der Waals surface area contributed by atoms with E-state index in [1.807, 2.05) is 0 Å². The van der Waals surface area contributed by atoms with E-state index in [0.29, 0.717) is 28.5 Å². The summed E-state index contributed by atoms with van der Waals surface area (Å²) in [5, 5.41) is 3.49. The van der Waals surface area contributed by atoms with Gasteiger partial charge in [0.05, 0.1) is 25.9 Å². The van der Waals surface area contributed by atoms with Crippen LogP contribution in [0.4, 0.5) is 5.69 Å². The number of hydrogen-bond donors (Lipinski definition) is 1. The normalized spacial score (nSPS) is 16.0. The largest absolute Gasteiger partial charge is 0.493 e. The minimum atomic E-state index is -0.308. The number of thiophene rings is 1. The van der Waals surface area contributed by atoms with Crippen molar-refractivity contribution >= 4 is 33.1 Å². The minimum absolute atomic E-state index is 0.106. The van der Waals surface area contributed by atoms with Gasteiger partial charge in [-0.15, -0.1) is 11.3 Å². The molecule has 0 saturated heterocycles. The van der Waals surface area contributed by atoms with Crippen molar-refractivity contribution in [1.29, 1.82) is 0 Å². The highest BCUT2D eigenvalue weighted by molar-refractivity contribution is 7.18. The zero-order valence-corrected chi connectivity index (χ0v) is 20.0. The zero-order valence-electron chi connectivity index (χ0n) is 19.2. The Morgan fingerprint density at radius 3 is 2.69 bits per heavy atom. The second kappa shape index (κ2) is 8.58. The molecule has 1 unspecified atom stereocenters. The Kier molecular flexibility index (Phi) is 5.99. The van der Waals surface area contributed by atoms with Gasteiger partial charge in [0.2, 0.25) is 5.91 Å². The van der Waals surface area contributed by atoms with E-state index in [1.54, 1.807) is 36.6 Å². The molecule has 0 saturated carbocycles. The van der Waals surface area contributed by atoms with Crippen molar-refractivity contribution in [3.8, 4) is 11.5 Å². The topological polar surface area (TPSA) is 82.5 Å². The second-order valence-electron chi connectivity index (χ2n) is 9.29. The van der Waals surface area contributed by atoms with E-state index in [2.05, 4.69) is 31.1 Å². The molecule has 1 aromatic carbocycles. The van der Waals surface area contributed by atoms with Gasteiger partial charge in [0.15, 0.2) is 11.5 Å². The lowest BCUT2D eigenvalue weighted by Crippen LogP contribution is -2.29. The van der Waals surface area contributed by atoms with Gasteiger partial charge in [-0.1, -0.05) is 20.8 Å². The zero-order chi connectivity index (χ0) is 23.0. The summed E-state index contributed by atoms with van der Waals surface area (Å²) in [5.74, 6) is 1.38. The lowest BCUT2D eigenvalue weighted by Gasteiger charge is -2.33. The van der Waals surface area contributed by atoms with Gasteiger partial charge in [-0.25, -0.2) is 4.98 Å². The van der Waals surface area contributed by atoms with E-state index < -0.39 is 0 Å². The number of aryl methyl sites for hydroxylation is 1.